The molecule has 1 aliphatic rings. The summed E-state index contributed by atoms with van der Waals surface area (Å²) in [7, 11) is 0. The molecular formula is C15H16N6O2S. The van der Waals surface area contributed by atoms with E-state index < -0.39 is 0 Å². The van der Waals surface area contributed by atoms with Gasteiger partial charge in [-0.2, -0.15) is 0 Å². The highest BCUT2D eigenvalue weighted by Crippen LogP contribution is 2.19. The lowest BCUT2D eigenvalue weighted by Gasteiger charge is -2.12. The summed E-state index contributed by atoms with van der Waals surface area (Å²) in [5.41, 5.74) is 0.400. The first-order valence-electron chi connectivity index (χ1n) is 7.50. The second-order valence-corrected chi connectivity index (χ2v) is 6.12. The molecule has 4 heterocycles. The highest BCUT2D eigenvalue weighted by atomic mass is 32.2. The second-order valence-electron chi connectivity index (χ2n) is 5.34. The Morgan fingerprint density at radius 3 is 3.08 bits per heavy atom. The number of hydrogen-bond donors (Lipinski definition) is 0. The lowest BCUT2D eigenvalue weighted by molar-refractivity contribution is 0.0816. The lowest BCUT2D eigenvalue weighted by atomic mass is 10.4. The quantitative estimate of drug-likeness (QED) is 0.402. The molecule has 0 N–H and O–H groups in total. The number of thioether (sulfide) groups is 1. The van der Waals surface area contributed by atoms with Gasteiger partial charge in [0.25, 0.3) is 5.56 Å². The molecule has 9 heteroatoms. The average Bonchev–Trinajstić information content (AvgIpc) is 3.14. The first-order valence-corrected chi connectivity index (χ1v) is 8.73. The predicted molar refractivity (Wildman–Crippen MR) is 90.5 cm³/mol. The number of hydrogen-bond acceptors (Lipinski definition) is 6. The van der Waals surface area contributed by atoms with Crippen molar-refractivity contribution in [2.75, 3.05) is 12.9 Å². The molecule has 0 aliphatic carbocycles. The molecular weight excluding hydrogens is 328 g/mol. The van der Waals surface area contributed by atoms with Crippen molar-refractivity contribution in [3.63, 3.8) is 0 Å². The van der Waals surface area contributed by atoms with Crippen molar-refractivity contribution in [2.24, 2.45) is 0 Å². The molecule has 0 saturated heterocycles. The van der Waals surface area contributed by atoms with Gasteiger partial charge in [-0.3, -0.25) is 4.79 Å². The van der Waals surface area contributed by atoms with E-state index in [-0.39, 0.29) is 5.56 Å². The van der Waals surface area contributed by atoms with Gasteiger partial charge in [0, 0.05) is 12.7 Å². The molecule has 0 saturated carbocycles. The van der Waals surface area contributed by atoms with Crippen molar-refractivity contribution in [1.82, 2.24) is 28.9 Å². The minimum atomic E-state index is -0.153. The van der Waals surface area contributed by atoms with E-state index in [1.807, 2.05) is 17.0 Å². The van der Waals surface area contributed by atoms with Crippen LogP contribution in [0.15, 0.2) is 35.0 Å². The minimum Gasteiger partial charge on any atom is -0.372 e. The standard InChI is InChI=1S/C15H16N6O2S/c1-3-4-20-14(22)10-7-16-15(24-2)18-13(10)21(20)11-8-19-5-6-23-9-12(19)17-11/h3,7-8H,1,4-6,9H2,2H3. The number of rotatable bonds is 4. The maximum atomic E-state index is 12.7. The fourth-order valence-corrected chi connectivity index (χ4v) is 3.14. The van der Waals surface area contributed by atoms with E-state index in [1.54, 1.807) is 21.6 Å². The highest BCUT2D eigenvalue weighted by Gasteiger charge is 2.20. The third kappa shape index (κ3) is 2.28. The van der Waals surface area contributed by atoms with Gasteiger partial charge >= 0.3 is 0 Å². The topological polar surface area (TPSA) is 79.8 Å². The Balaban J connectivity index is 2.01. The van der Waals surface area contributed by atoms with Gasteiger partial charge in [-0.15, -0.1) is 6.58 Å². The number of nitrogens with zero attached hydrogens (tertiary/aromatic N) is 6. The number of allylic oxidation sites excluding steroid dienone is 1. The van der Waals surface area contributed by atoms with Gasteiger partial charge in [-0.25, -0.2) is 24.3 Å². The first kappa shape index (κ1) is 15.2. The van der Waals surface area contributed by atoms with Crippen molar-refractivity contribution < 1.29 is 4.74 Å². The van der Waals surface area contributed by atoms with Gasteiger partial charge in [0.15, 0.2) is 16.6 Å². The highest BCUT2D eigenvalue weighted by molar-refractivity contribution is 7.98. The van der Waals surface area contributed by atoms with Crippen LogP contribution in [0.4, 0.5) is 0 Å². The van der Waals surface area contributed by atoms with E-state index in [0.717, 1.165) is 12.4 Å². The van der Waals surface area contributed by atoms with Gasteiger partial charge in [0.1, 0.15) is 17.8 Å². The molecule has 0 radical (unpaired) electrons. The molecule has 4 rings (SSSR count). The average molecular weight is 344 g/mol. The summed E-state index contributed by atoms with van der Waals surface area (Å²) in [5, 5.41) is 1.08. The summed E-state index contributed by atoms with van der Waals surface area (Å²) in [5.74, 6) is 1.49. The molecule has 124 valence electrons. The molecule has 0 unspecified atom stereocenters. The van der Waals surface area contributed by atoms with E-state index in [9.17, 15) is 4.79 Å². The second kappa shape index (κ2) is 5.91. The van der Waals surface area contributed by atoms with Crippen molar-refractivity contribution in [2.45, 2.75) is 24.9 Å². The van der Waals surface area contributed by atoms with E-state index in [2.05, 4.69) is 21.5 Å². The molecule has 0 spiro atoms. The van der Waals surface area contributed by atoms with Crippen LogP contribution in [0.5, 0.6) is 0 Å². The Kier molecular flexibility index (Phi) is 3.73. The number of fused-ring (bicyclic) bond motifs is 2. The van der Waals surface area contributed by atoms with Crippen molar-refractivity contribution >= 4 is 22.8 Å². The zero-order chi connectivity index (χ0) is 16.7. The summed E-state index contributed by atoms with van der Waals surface area (Å²) in [6, 6.07) is 0. The summed E-state index contributed by atoms with van der Waals surface area (Å²) in [6.07, 6.45) is 7.08. The van der Waals surface area contributed by atoms with Crippen molar-refractivity contribution in [3.05, 3.63) is 41.2 Å². The van der Waals surface area contributed by atoms with E-state index >= 15 is 0 Å². The zero-order valence-electron chi connectivity index (χ0n) is 13.2. The molecule has 24 heavy (non-hydrogen) atoms. The Bertz CT molecular complexity index is 962. The van der Waals surface area contributed by atoms with Crippen LogP contribution in [0.1, 0.15) is 5.82 Å². The van der Waals surface area contributed by atoms with Crippen LogP contribution in [0.25, 0.3) is 16.9 Å². The van der Waals surface area contributed by atoms with E-state index in [0.29, 0.717) is 41.8 Å². The largest absolute Gasteiger partial charge is 0.372 e. The molecule has 3 aromatic heterocycles. The third-order valence-electron chi connectivity index (χ3n) is 3.91. The number of aromatic nitrogens is 6. The summed E-state index contributed by atoms with van der Waals surface area (Å²) < 4.78 is 10.8. The normalized spacial score (nSPS) is 14.0. The van der Waals surface area contributed by atoms with Gasteiger partial charge in [-0.1, -0.05) is 17.8 Å². The van der Waals surface area contributed by atoms with Gasteiger partial charge in [-0.05, 0) is 6.26 Å². The van der Waals surface area contributed by atoms with E-state index in [4.69, 9.17) is 4.74 Å². The Labute approximate surface area is 141 Å². The smallest absolute Gasteiger partial charge is 0.278 e. The molecule has 3 aromatic rings. The summed E-state index contributed by atoms with van der Waals surface area (Å²) in [4.78, 5) is 26.1. The predicted octanol–water partition coefficient (Wildman–Crippen LogP) is 1.22. The zero-order valence-corrected chi connectivity index (χ0v) is 14.0. The minimum absolute atomic E-state index is 0.153. The molecule has 0 amide bonds. The van der Waals surface area contributed by atoms with Crippen molar-refractivity contribution in [1.29, 1.82) is 0 Å². The molecule has 0 atom stereocenters. The van der Waals surface area contributed by atoms with Crippen LogP contribution in [-0.4, -0.2) is 41.7 Å². The maximum Gasteiger partial charge on any atom is 0.278 e. The van der Waals surface area contributed by atoms with E-state index in [1.165, 1.54) is 11.8 Å². The maximum absolute atomic E-state index is 12.7. The van der Waals surface area contributed by atoms with Crippen LogP contribution < -0.4 is 5.56 Å². The Hall–Kier alpha value is -2.39. The van der Waals surface area contributed by atoms with Gasteiger partial charge < -0.3 is 9.30 Å². The number of imidazole rings is 1. The van der Waals surface area contributed by atoms with Crippen LogP contribution >= 0.6 is 11.8 Å². The molecule has 8 nitrogen and oxygen atoms in total. The Morgan fingerprint density at radius 1 is 1.46 bits per heavy atom. The van der Waals surface area contributed by atoms with Gasteiger partial charge in [0.05, 0.1) is 19.3 Å². The summed E-state index contributed by atoms with van der Waals surface area (Å²) >= 11 is 1.43. The van der Waals surface area contributed by atoms with Crippen LogP contribution in [0.2, 0.25) is 0 Å². The molecule has 0 bridgehead atoms. The van der Waals surface area contributed by atoms with Crippen molar-refractivity contribution in [3.8, 4) is 5.82 Å². The third-order valence-corrected chi connectivity index (χ3v) is 4.47. The van der Waals surface area contributed by atoms with Crippen LogP contribution in [0, 0.1) is 0 Å². The fourth-order valence-electron chi connectivity index (χ4n) is 2.81. The molecule has 1 aliphatic heterocycles. The Morgan fingerprint density at radius 2 is 2.33 bits per heavy atom. The van der Waals surface area contributed by atoms with Crippen LogP contribution in [-0.2, 0) is 24.4 Å². The monoisotopic (exact) mass is 344 g/mol. The SMILES string of the molecule is C=CCn1c(=O)c2cnc(SC)nc2n1-c1cn2c(n1)COCC2. The molecule has 0 fully saturated rings. The van der Waals surface area contributed by atoms with Gasteiger partial charge in [0.2, 0.25) is 0 Å². The number of ether oxygens (including phenoxy) is 1. The van der Waals surface area contributed by atoms with Crippen LogP contribution in [0.3, 0.4) is 0 Å². The lowest BCUT2D eigenvalue weighted by Crippen LogP contribution is -2.21. The molecule has 0 aromatic carbocycles. The first-order chi connectivity index (χ1) is 11.7. The summed E-state index contributed by atoms with van der Waals surface area (Å²) in [6.45, 7) is 5.98. The fraction of sp³-hybridized carbons (Fsp3) is 0.333.